The van der Waals surface area contributed by atoms with Crippen molar-refractivity contribution < 1.29 is 9.90 Å². The minimum absolute atomic E-state index is 0.186. The number of rotatable bonds is 1. The van der Waals surface area contributed by atoms with Gasteiger partial charge in [-0.3, -0.25) is 4.79 Å². The molecule has 6 atom stereocenters. The summed E-state index contributed by atoms with van der Waals surface area (Å²) in [6.45, 7) is 2.18. The number of allylic oxidation sites excluding steroid dienone is 1. The molecule has 6 unspecified atom stereocenters. The smallest absolute Gasteiger partial charge is 0.139 e. The number of aliphatic hydroxyl groups is 1. The van der Waals surface area contributed by atoms with Crippen LogP contribution in [0.1, 0.15) is 58.3 Å². The van der Waals surface area contributed by atoms with Crippen molar-refractivity contribution in [1.82, 2.24) is 0 Å². The summed E-state index contributed by atoms with van der Waals surface area (Å²) in [6.07, 6.45) is 10.8. The van der Waals surface area contributed by atoms with Gasteiger partial charge >= 0.3 is 0 Å². The van der Waals surface area contributed by atoms with Crippen molar-refractivity contribution >= 4 is 29.3 Å². The standard InChI is InChI=1S/C21H30O2S2/c1-2-20-12-17(22)19-14-7-8-21(24-9-10-25-21)11-13(14)3-4-15(19)16(20)5-6-18(20)23/h11,14-17,19,22H,2-10,12H2,1H3. The summed E-state index contributed by atoms with van der Waals surface area (Å²) >= 11 is 4.30. The van der Waals surface area contributed by atoms with Gasteiger partial charge in [0.2, 0.25) is 0 Å². The lowest BCUT2D eigenvalue weighted by atomic mass is 9.50. The van der Waals surface area contributed by atoms with E-state index in [4.69, 9.17) is 0 Å². The van der Waals surface area contributed by atoms with E-state index in [2.05, 4.69) is 36.5 Å². The van der Waals surface area contributed by atoms with E-state index in [-0.39, 0.29) is 11.5 Å². The Hall–Kier alpha value is 0.0700. The summed E-state index contributed by atoms with van der Waals surface area (Å²) in [4.78, 5) is 12.7. The topological polar surface area (TPSA) is 37.3 Å². The van der Waals surface area contributed by atoms with Gasteiger partial charge in [0.15, 0.2) is 0 Å². The van der Waals surface area contributed by atoms with Gasteiger partial charge < -0.3 is 5.11 Å². The lowest BCUT2D eigenvalue weighted by molar-refractivity contribution is -0.143. The van der Waals surface area contributed by atoms with Crippen molar-refractivity contribution in [2.45, 2.75) is 68.5 Å². The highest BCUT2D eigenvalue weighted by molar-refractivity contribution is 8.21. The summed E-state index contributed by atoms with van der Waals surface area (Å²) in [6, 6.07) is 0. The molecule has 2 nitrogen and oxygen atoms in total. The lowest BCUT2D eigenvalue weighted by Gasteiger charge is -2.55. The molecule has 138 valence electrons. The Morgan fingerprint density at radius 2 is 2.00 bits per heavy atom. The Morgan fingerprint density at radius 3 is 2.76 bits per heavy atom. The highest BCUT2D eigenvalue weighted by Gasteiger charge is 2.60. The first kappa shape index (κ1) is 17.2. The first-order valence-electron chi connectivity index (χ1n) is 10.3. The molecule has 0 radical (unpaired) electrons. The van der Waals surface area contributed by atoms with Crippen LogP contribution in [0, 0.1) is 29.1 Å². The van der Waals surface area contributed by atoms with Gasteiger partial charge in [0.1, 0.15) is 5.78 Å². The van der Waals surface area contributed by atoms with Gasteiger partial charge in [0, 0.05) is 23.3 Å². The summed E-state index contributed by atoms with van der Waals surface area (Å²) < 4.78 is 0.356. The number of aliphatic hydroxyl groups excluding tert-OH is 1. The third-order valence-corrected chi connectivity index (χ3v) is 11.7. The zero-order valence-electron chi connectivity index (χ0n) is 15.2. The molecule has 1 heterocycles. The average molecular weight is 379 g/mol. The van der Waals surface area contributed by atoms with Gasteiger partial charge in [-0.15, -0.1) is 23.5 Å². The Kier molecular flexibility index (Phi) is 4.15. The number of hydrogen-bond acceptors (Lipinski definition) is 4. The van der Waals surface area contributed by atoms with Crippen LogP contribution in [-0.2, 0) is 4.79 Å². The SMILES string of the molecule is CCC12CC(O)C3C4CCC5(C=C4CCC3C1CCC2=O)SCCS5. The zero-order valence-corrected chi connectivity index (χ0v) is 16.8. The van der Waals surface area contributed by atoms with E-state index in [0.717, 1.165) is 25.7 Å². The maximum Gasteiger partial charge on any atom is 0.139 e. The van der Waals surface area contributed by atoms with Crippen molar-refractivity contribution in [2.75, 3.05) is 11.5 Å². The Labute approximate surface area is 160 Å². The molecule has 0 bridgehead atoms. The second-order valence-corrected chi connectivity index (χ2v) is 12.1. The van der Waals surface area contributed by atoms with Crippen LogP contribution < -0.4 is 0 Å². The van der Waals surface area contributed by atoms with Crippen LogP contribution in [0.4, 0.5) is 0 Å². The predicted octanol–water partition coefficient (Wildman–Crippen LogP) is 4.67. The average Bonchev–Trinajstić information content (AvgIpc) is 3.20. The Balaban J connectivity index is 1.47. The molecule has 3 saturated carbocycles. The number of fused-ring (bicyclic) bond motifs is 5. The van der Waals surface area contributed by atoms with Crippen LogP contribution in [0.3, 0.4) is 0 Å². The third kappa shape index (κ3) is 2.39. The summed E-state index contributed by atoms with van der Waals surface area (Å²) in [7, 11) is 0. The fraction of sp³-hybridized carbons (Fsp3) is 0.857. The van der Waals surface area contributed by atoms with Crippen LogP contribution in [0.15, 0.2) is 11.6 Å². The van der Waals surface area contributed by atoms with Crippen molar-refractivity contribution in [3.8, 4) is 0 Å². The molecule has 4 heteroatoms. The molecule has 1 saturated heterocycles. The van der Waals surface area contributed by atoms with Gasteiger partial charge in [-0.05, 0) is 68.6 Å². The van der Waals surface area contributed by atoms with Gasteiger partial charge in [0.25, 0.3) is 0 Å². The van der Waals surface area contributed by atoms with Crippen molar-refractivity contribution in [3.05, 3.63) is 11.6 Å². The third-order valence-electron chi connectivity index (χ3n) is 8.30. The number of thioether (sulfide) groups is 2. The molecule has 0 amide bonds. The molecule has 0 aromatic carbocycles. The van der Waals surface area contributed by atoms with Crippen LogP contribution in [-0.4, -0.2) is 32.6 Å². The lowest BCUT2D eigenvalue weighted by Crippen LogP contribution is -2.54. The summed E-state index contributed by atoms with van der Waals surface area (Å²) in [5.41, 5.74) is 1.47. The highest BCUT2D eigenvalue weighted by atomic mass is 32.2. The molecule has 1 N–H and O–H groups in total. The summed E-state index contributed by atoms with van der Waals surface area (Å²) in [5, 5.41) is 11.2. The second kappa shape index (κ2) is 6.04. The van der Waals surface area contributed by atoms with Crippen LogP contribution in [0.25, 0.3) is 0 Å². The first-order chi connectivity index (χ1) is 12.1. The van der Waals surface area contributed by atoms with Crippen LogP contribution in [0.2, 0.25) is 0 Å². The van der Waals surface area contributed by atoms with Crippen molar-refractivity contribution in [2.24, 2.45) is 29.1 Å². The van der Waals surface area contributed by atoms with Crippen LogP contribution in [0.5, 0.6) is 0 Å². The molecule has 4 aliphatic carbocycles. The van der Waals surface area contributed by atoms with Gasteiger partial charge in [0.05, 0.1) is 10.2 Å². The number of ketones is 1. The van der Waals surface area contributed by atoms with Crippen molar-refractivity contribution in [3.63, 3.8) is 0 Å². The maximum absolute atomic E-state index is 12.7. The number of carbonyl (C=O) groups is 1. The largest absolute Gasteiger partial charge is 0.393 e. The fourth-order valence-electron chi connectivity index (χ4n) is 7.27. The van der Waals surface area contributed by atoms with E-state index < -0.39 is 0 Å². The molecule has 25 heavy (non-hydrogen) atoms. The van der Waals surface area contributed by atoms with E-state index in [1.807, 2.05) is 0 Å². The van der Waals surface area contributed by atoms with E-state index in [0.29, 0.717) is 33.5 Å². The molecule has 1 aliphatic heterocycles. The number of carbonyl (C=O) groups excluding carboxylic acids is 1. The summed E-state index contributed by atoms with van der Waals surface area (Å²) in [5.74, 6) is 5.17. The molecule has 4 fully saturated rings. The van der Waals surface area contributed by atoms with Gasteiger partial charge in [-0.1, -0.05) is 18.6 Å². The number of hydrogen-bond donors (Lipinski definition) is 1. The van der Waals surface area contributed by atoms with E-state index in [1.54, 1.807) is 5.57 Å². The fourth-order valence-corrected chi connectivity index (χ4v) is 10.5. The molecular weight excluding hydrogens is 348 g/mol. The molecule has 1 spiro atoms. The first-order valence-corrected chi connectivity index (χ1v) is 12.3. The molecular formula is C21H30O2S2. The monoisotopic (exact) mass is 378 g/mol. The van der Waals surface area contributed by atoms with E-state index in [9.17, 15) is 9.90 Å². The normalized spacial score (nSPS) is 48.0. The van der Waals surface area contributed by atoms with E-state index >= 15 is 0 Å². The maximum atomic E-state index is 12.7. The second-order valence-electron chi connectivity index (χ2n) is 9.00. The zero-order chi connectivity index (χ0) is 17.2. The van der Waals surface area contributed by atoms with Gasteiger partial charge in [-0.25, -0.2) is 0 Å². The Bertz CT molecular complexity index is 609. The minimum atomic E-state index is -0.269. The molecule has 5 aliphatic rings. The predicted molar refractivity (Wildman–Crippen MR) is 106 cm³/mol. The van der Waals surface area contributed by atoms with Crippen LogP contribution >= 0.6 is 23.5 Å². The highest BCUT2D eigenvalue weighted by Crippen LogP contribution is 2.63. The molecule has 0 aromatic rings. The number of Topliss-reactive ketones (excluding diaryl/α,β-unsaturated/α-hetero) is 1. The molecule has 0 aromatic heterocycles. The Morgan fingerprint density at radius 1 is 1.20 bits per heavy atom. The van der Waals surface area contributed by atoms with E-state index in [1.165, 1.54) is 37.2 Å². The van der Waals surface area contributed by atoms with Gasteiger partial charge in [-0.2, -0.15) is 0 Å². The van der Waals surface area contributed by atoms with Crippen molar-refractivity contribution in [1.29, 1.82) is 0 Å². The molecule has 5 rings (SSSR count). The quantitative estimate of drug-likeness (QED) is 0.673. The minimum Gasteiger partial charge on any atom is -0.393 e.